The van der Waals surface area contributed by atoms with E-state index in [0.29, 0.717) is 27.1 Å². The number of nitrogens with one attached hydrogen (secondary N) is 1. The van der Waals surface area contributed by atoms with E-state index in [1.807, 2.05) is 24.3 Å². The van der Waals surface area contributed by atoms with Crippen LogP contribution in [0.3, 0.4) is 0 Å². The summed E-state index contributed by atoms with van der Waals surface area (Å²) in [5.74, 6) is 0.455. The number of nitrogens with zero attached hydrogens (tertiary/aromatic N) is 3. The average molecular weight is 437 g/mol. The van der Waals surface area contributed by atoms with Crippen LogP contribution >= 0.6 is 23.2 Å². The number of aromatic nitrogens is 3. The molecule has 0 bridgehead atoms. The van der Waals surface area contributed by atoms with Crippen LogP contribution in [0.4, 0.5) is 0 Å². The molecule has 1 fully saturated rings. The van der Waals surface area contributed by atoms with Gasteiger partial charge < -0.3 is 4.74 Å². The summed E-state index contributed by atoms with van der Waals surface area (Å²) in [6, 6.07) is 16.5. The average Bonchev–Trinajstić information content (AvgIpc) is 3.45. The first-order chi connectivity index (χ1) is 14.5. The number of hydrogen-bond acceptors (Lipinski definition) is 4. The van der Waals surface area contributed by atoms with Crippen molar-refractivity contribution < 1.29 is 4.74 Å². The second-order valence-electron chi connectivity index (χ2n) is 7.21. The molecule has 0 radical (unpaired) electrons. The Labute approximate surface area is 181 Å². The first-order valence-electron chi connectivity index (χ1n) is 9.26. The third-order valence-corrected chi connectivity index (χ3v) is 5.88. The topological polar surface area (TPSA) is 83.2 Å². The molecule has 30 heavy (non-hydrogen) atoms. The summed E-state index contributed by atoms with van der Waals surface area (Å²) in [6.45, 7) is 0. The van der Waals surface area contributed by atoms with Crippen molar-refractivity contribution in [3.05, 3.63) is 91.9 Å². The minimum absolute atomic E-state index is 0.0309. The highest BCUT2D eigenvalue weighted by Gasteiger charge is 2.49. The Morgan fingerprint density at radius 2 is 1.90 bits per heavy atom. The summed E-state index contributed by atoms with van der Waals surface area (Å²) in [5, 5.41) is 14.1. The van der Waals surface area contributed by atoms with Crippen LogP contribution in [0.15, 0.2) is 59.5 Å². The van der Waals surface area contributed by atoms with Gasteiger partial charge in [-0.25, -0.2) is 4.98 Å². The molecule has 1 aliphatic rings. The maximum Gasteiger partial charge on any atom is 0.315 e. The molecule has 0 spiro atoms. The van der Waals surface area contributed by atoms with Crippen LogP contribution in [0.25, 0.3) is 5.65 Å². The van der Waals surface area contributed by atoms with E-state index in [9.17, 15) is 10.1 Å². The van der Waals surface area contributed by atoms with Crippen molar-refractivity contribution in [1.82, 2.24) is 14.6 Å². The minimum Gasteiger partial charge on any atom is -0.450 e. The van der Waals surface area contributed by atoms with Crippen molar-refractivity contribution in [1.29, 1.82) is 5.26 Å². The van der Waals surface area contributed by atoms with E-state index in [-0.39, 0.29) is 16.8 Å². The van der Waals surface area contributed by atoms with Gasteiger partial charge in [0.1, 0.15) is 17.4 Å². The van der Waals surface area contributed by atoms with Gasteiger partial charge in [0.05, 0.1) is 11.9 Å². The lowest BCUT2D eigenvalue weighted by molar-refractivity contribution is 0.469. The number of H-pyrrole nitrogens is 1. The Hall–Kier alpha value is -3.27. The van der Waals surface area contributed by atoms with Crippen LogP contribution in [-0.2, 0) is 5.41 Å². The molecule has 4 aromatic rings. The molecule has 0 atom stereocenters. The van der Waals surface area contributed by atoms with Crippen molar-refractivity contribution in [2.75, 3.05) is 0 Å². The zero-order valence-corrected chi connectivity index (χ0v) is 17.0. The number of nitriles is 1. The molecule has 1 N–H and O–H groups in total. The first-order valence-corrected chi connectivity index (χ1v) is 10.0. The maximum absolute atomic E-state index is 13.0. The quantitative estimate of drug-likeness (QED) is 0.483. The fourth-order valence-corrected chi connectivity index (χ4v) is 4.06. The first kappa shape index (κ1) is 18.7. The van der Waals surface area contributed by atoms with Gasteiger partial charge in [-0.3, -0.25) is 9.89 Å². The van der Waals surface area contributed by atoms with Gasteiger partial charge >= 0.3 is 5.56 Å². The van der Waals surface area contributed by atoms with E-state index in [1.54, 1.807) is 24.3 Å². The summed E-state index contributed by atoms with van der Waals surface area (Å²) in [6.07, 6.45) is 3.05. The molecule has 148 valence electrons. The molecular weight excluding hydrogens is 423 g/mol. The predicted molar refractivity (Wildman–Crippen MR) is 114 cm³/mol. The highest BCUT2D eigenvalue weighted by atomic mass is 35.5. The van der Waals surface area contributed by atoms with E-state index >= 15 is 0 Å². The van der Waals surface area contributed by atoms with Crippen molar-refractivity contribution in [2.45, 2.75) is 18.3 Å². The Kier molecular flexibility index (Phi) is 4.31. The summed E-state index contributed by atoms with van der Waals surface area (Å²) >= 11 is 12.0. The predicted octanol–water partition coefficient (Wildman–Crippen LogP) is 5.07. The van der Waals surface area contributed by atoms with Gasteiger partial charge in [-0.1, -0.05) is 41.4 Å². The van der Waals surface area contributed by atoms with Gasteiger partial charge in [-0.05, 0) is 48.7 Å². The lowest BCUT2D eigenvalue weighted by Gasteiger charge is -2.14. The minimum atomic E-state index is -0.436. The number of fused-ring (bicyclic) bond motifs is 1. The van der Waals surface area contributed by atoms with E-state index in [4.69, 9.17) is 27.9 Å². The number of benzene rings is 2. The second-order valence-corrected chi connectivity index (χ2v) is 8.08. The van der Waals surface area contributed by atoms with Crippen molar-refractivity contribution in [3.8, 4) is 17.6 Å². The standard InChI is InChI=1S/C22H14Cl2N4O2/c23-14-6-4-13(5-7-14)22(8-9-22)19-17(11-25)20-26-12-18(21(29)28(20)27-19)30-16-3-1-2-15(24)10-16/h1-7,10,12,27H,8-9H2. The summed E-state index contributed by atoms with van der Waals surface area (Å²) in [7, 11) is 0. The molecule has 1 aliphatic carbocycles. The van der Waals surface area contributed by atoms with Gasteiger partial charge in [-0.15, -0.1) is 0 Å². The fourth-order valence-electron chi connectivity index (χ4n) is 3.76. The molecule has 5 rings (SSSR count). The van der Waals surface area contributed by atoms with Crippen LogP contribution in [0.2, 0.25) is 10.0 Å². The maximum atomic E-state index is 13.0. The normalized spacial score (nSPS) is 14.4. The zero-order chi connectivity index (χ0) is 20.9. The molecule has 1 saturated carbocycles. The second kappa shape index (κ2) is 6.91. The molecule has 8 heteroatoms. The van der Waals surface area contributed by atoms with Gasteiger partial charge in [0.15, 0.2) is 5.65 Å². The largest absolute Gasteiger partial charge is 0.450 e. The van der Waals surface area contributed by atoms with Crippen LogP contribution in [-0.4, -0.2) is 14.6 Å². The molecule has 0 aliphatic heterocycles. The molecule has 0 amide bonds. The van der Waals surface area contributed by atoms with Crippen LogP contribution < -0.4 is 10.3 Å². The van der Waals surface area contributed by atoms with Crippen molar-refractivity contribution >= 4 is 28.8 Å². The number of aromatic amines is 1. The summed E-state index contributed by atoms with van der Waals surface area (Å²) in [5.41, 5.74) is 1.55. The number of halogens is 2. The number of hydrogen-bond donors (Lipinski definition) is 1. The summed E-state index contributed by atoms with van der Waals surface area (Å²) in [4.78, 5) is 17.4. The highest BCUT2D eigenvalue weighted by Crippen LogP contribution is 2.54. The van der Waals surface area contributed by atoms with Crippen molar-refractivity contribution in [3.63, 3.8) is 0 Å². The van der Waals surface area contributed by atoms with Gasteiger partial charge in [0, 0.05) is 15.5 Å². The van der Waals surface area contributed by atoms with Crippen LogP contribution in [0.1, 0.15) is 29.7 Å². The SMILES string of the molecule is N#Cc1c(C2(c3ccc(Cl)cc3)CC2)[nH]n2c(=O)c(Oc3cccc(Cl)c3)cnc12. The van der Waals surface area contributed by atoms with E-state index < -0.39 is 5.56 Å². The zero-order valence-electron chi connectivity index (χ0n) is 15.5. The Morgan fingerprint density at radius 3 is 2.57 bits per heavy atom. The van der Waals surface area contributed by atoms with Gasteiger partial charge in [0.2, 0.25) is 5.75 Å². The number of rotatable bonds is 4. The number of ether oxygens (including phenoxy) is 1. The molecule has 0 unspecified atom stereocenters. The van der Waals surface area contributed by atoms with Gasteiger partial charge in [-0.2, -0.15) is 9.78 Å². The third-order valence-electron chi connectivity index (χ3n) is 5.39. The Bertz CT molecular complexity index is 1380. The van der Waals surface area contributed by atoms with Crippen LogP contribution in [0, 0.1) is 11.3 Å². The van der Waals surface area contributed by atoms with Crippen molar-refractivity contribution in [2.24, 2.45) is 0 Å². The Morgan fingerprint density at radius 1 is 1.13 bits per heavy atom. The summed E-state index contributed by atoms with van der Waals surface area (Å²) < 4.78 is 6.95. The molecule has 2 heterocycles. The van der Waals surface area contributed by atoms with E-state index in [2.05, 4.69) is 16.2 Å². The Balaban J connectivity index is 1.63. The third kappa shape index (κ3) is 2.95. The molecule has 6 nitrogen and oxygen atoms in total. The fraction of sp³-hybridized carbons (Fsp3) is 0.136. The van der Waals surface area contributed by atoms with E-state index in [1.165, 1.54) is 10.7 Å². The van der Waals surface area contributed by atoms with Gasteiger partial charge in [0.25, 0.3) is 0 Å². The molecule has 2 aromatic heterocycles. The van der Waals surface area contributed by atoms with Crippen LogP contribution in [0.5, 0.6) is 11.5 Å². The molecular formula is C22H14Cl2N4O2. The highest BCUT2D eigenvalue weighted by molar-refractivity contribution is 6.30. The lowest BCUT2D eigenvalue weighted by Crippen LogP contribution is -2.17. The molecule has 0 saturated heterocycles. The lowest BCUT2D eigenvalue weighted by atomic mass is 9.90. The van der Waals surface area contributed by atoms with E-state index in [0.717, 1.165) is 18.4 Å². The monoisotopic (exact) mass is 436 g/mol. The smallest absolute Gasteiger partial charge is 0.315 e. The molecule has 2 aromatic carbocycles.